The number of aryl methyl sites for hydroxylation is 1. The minimum Gasteiger partial charge on any atom is -0.326 e. The number of nitrogens with one attached hydrogen (secondary N) is 1. The lowest BCUT2D eigenvalue weighted by atomic mass is 10.3. The molecule has 0 aliphatic rings. The van der Waals surface area contributed by atoms with E-state index in [9.17, 15) is 0 Å². The highest BCUT2D eigenvalue weighted by atomic mass is 79.9. The van der Waals surface area contributed by atoms with Crippen molar-refractivity contribution in [1.82, 2.24) is 9.55 Å². The molecular weight excluding hydrogens is 254 g/mol. The fraction of sp³-hybridized carbons (Fsp3) is 0.182. The smallest absolute Gasteiger partial charge is 0.207 e. The molecule has 0 fully saturated rings. The van der Waals surface area contributed by atoms with E-state index in [4.69, 9.17) is 0 Å². The number of halogens is 1. The Bertz CT molecular complexity index is 451. The molecule has 4 heteroatoms. The maximum absolute atomic E-state index is 4.25. The van der Waals surface area contributed by atoms with E-state index in [0.717, 1.165) is 22.7 Å². The van der Waals surface area contributed by atoms with Crippen molar-refractivity contribution in [2.45, 2.75) is 13.5 Å². The first kappa shape index (κ1) is 10.2. The molecule has 0 aliphatic carbocycles. The quantitative estimate of drug-likeness (QED) is 0.922. The van der Waals surface area contributed by atoms with Crippen molar-refractivity contribution in [1.29, 1.82) is 0 Å². The van der Waals surface area contributed by atoms with Crippen LogP contribution in [0.25, 0.3) is 0 Å². The number of imidazole rings is 1. The van der Waals surface area contributed by atoms with Crippen molar-refractivity contribution in [3.8, 4) is 0 Å². The van der Waals surface area contributed by atoms with E-state index in [0.29, 0.717) is 0 Å². The second-order valence-electron chi connectivity index (χ2n) is 3.17. The third-order valence-electron chi connectivity index (χ3n) is 2.14. The molecule has 0 bridgehead atoms. The average Bonchev–Trinajstić information content (AvgIpc) is 2.65. The summed E-state index contributed by atoms with van der Waals surface area (Å²) in [6.45, 7) is 3.00. The van der Waals surface area contributed by atoms with E-state index in [1.807, 2.05) is 30.5 Å². The predicted octanol–water partition coefficient (Wildman–Crippen LogP) is 3.41. The molecule has 0 saturated carbocycles. The first-order valence-corrected chi connectivity index (χ1v) is 5.62. The van der Waals surface area contributed by atoms with Crippen LogP contribution in [0.2, 0.25) is 0 Å². The first-order chi connectivity index (χ1) is 7.29. The van der Waals surface area contributed by atoms with Crippen LogP contribution in [0.1, 0.15) is 6.92 Å². The summed E-state index contributed by atoms with van der Waals surface area (Å²) >= 11 is 3.43. The van der Waals surface area contributed by atoms with E-state index in [2.05, 4.69) is 37.7 Å². The summed E-state index contributed by atoms with van der Waals surface area (Å²) in [5.74, 6) is 0.871. The Hall–Kier alpha value is -1.29. The van der Waals surface area contributed by atoms with Gasteiger partial charge in [-0.1, -0.05) is 22.0 Å². The second-order valence-corrected chi connectivity index (χ2v) is 4.09. The predicted molar refractivity (Wildman–Crippen MR) is 65.3 cm³/mol. The van der Waals surface area contributed by atoms with Crippen LogP contribution in [-0.2, 0) is 6.54 Å². The summed E-state index contributed by atoms with van der Waals surface area (Å²) in [6.07, 6.45) is 3.75. The first-order valence-electron chi connectivity index (χ1n) is 4.83. The molecule has 1 aromatic carbocycles. The number of hydrogen-bond donors (Lipinski definition) is 1. The largest absolute Gasteiger partial charge is 0.326 e. The van der Waals surface area contributed by atoms with Gasteiger partial charge in [0.15, 0.2) is 0 Å². The molecule has 1 aromatic heterocycles. The molecule has 0 atom stereocenters. The number of hydrogen-bond acceptors (Lipinski definition) is 2. The van der Waals surface area contributed by atoms with Gasteiger partial charge in [-0.05, 0) is 25.1 Å². The van der Waals surface area contributed by atoms with Gasteiger partial charge in [0.05, 0.1) is 0 Å². The Labute approximate surface area is 97.3 Å². The highest BCUT2D eigenvalue weighted by Gasteiger charge is 2.00. The zero-order valence-corrected chi connectivity index (χ0v) is 10.0. The highest BCUT2D eigenvalue weighted by Crippen LogP contribution is 2.19. The minimum absolute atomic E-state index is 0.871. The molecular formula is C11H12BrN3. The molecule has 0 unspecified atom stereocenters. The minimum atomic E-state index is 0.871. The molecule has 0 aliphatic heterocycles. The van der Waals surface area contributed by atoms with E-state index in [-0.39, 0.29) is 0 Å². The van der Waals surface area contributed by atoms with Crippen LogP contribution in [0.3, 0.4) is 0 Å². The summed E-state index contributed by atoms with van der Waals surface area (Å²) < 4.78 is 3.11. The van der Waals surface area contributed by atoms with Crippen LogP contribution in [-0.4, -0.2) is 9.55 Å². The molecule has 0 amide bonds. The van der Waals surface area contributed by atoms with E-state index in [1.54, 1.807) is 6.20 Å². The number of aromatic nitrogens is 2. The highest BCUT2D eigenvalue weighted by molar-refractivity contribution is 9.10. The summed E-state index contributed by atoms with van der Waals surface area (Å²) in [6, 6.07) is 8.03. The lowest BCUT2D eigenvalue weighted by Crippen LogP contribution is -2.01. The Morgan fingerprint density at radius 1 is 1.47 bits per heavy atom. The van der Waals surface area contributed by atoms with Crippen molar-refractivity contribution in [3.63, 3.8) is 0 Å². The van der Waals surface area contributed by atoms with Crippen molar-refractivity contribution < 1.29 is 0 Å². The Morgan fingerprint density at radius 3 is 3.07 bits per heavy atom. The Morgan fingerprint density at radius 2 is 2.33 bits per heavy atom. The third-order valence-corrected chi connectivity index (χ3v) is 2.63. The van der Waals surface area contributed by atoms with Gasteiger partial charge in [0, 0.05) is 29.1 Å². The molecule has 2 aromatic rings. The second kappa shape index (κ2) is 4.49. The molecule has 0 saturated heterocycles. The molecule has 1 N–H and O–H groups in total. The summed E-state index contributed by atoms with van der Waals surface area (Å²) in [5, 5.41) is 3.27. The van der Waals surface area contributed by atoms with Gasteiger partial charge < -0.3 is 9.88 Å². The lowest BCUT2D eigenvalue weighted by molar-refractivity contribution is 0.772. The van der Waals surface area contributed by atoms with Gasteiger partial charge in [0.1, 0.15) is 0 Å². The zero-order valence-electron chi connectivity index (χ0n) is 8.44. The van der Waals surface area contributed by atoms with E-state index < -0.39 is 0 Å². The van der Waals surface area contributed by atoms with Crippen LogP contribution in [0, 0.1) is 0 Å². The van der Waals surface area contributed by atoms with Crippen LogP contribution >= 0.6 is 15.9 Å². The fourth-order valence-corrected chi connectivity index (χ4v) is 1.78. The SMILES string of the molecule is CCn1ccnc1Nc1cccc(Br)c1. The van der Waals surface area contributed by atoms with E-state index >= 15 is 0 Å². The fourth-order valence-electron chi connectivity index (χ4n) is 1.38. The van der Waals surface area contributed by atoms with Crippen LogP contribution in [0.4, 0.5) is 11.6 Å². The molecule has 3 nitrogen and oxygen atoms in total. The Kier molecular flexibility index (Phi) is 3.06. The summed E-state index contributed by atoms with van der Waals surface area (Å²) in [5.41, 5.74) is 1.03. The van der Waals surface area contributed by atoms with Gasteiger partial charge in [-0.3, -0.25) is 0 Å². The van der Waals surface area contributed by atoms with Gasteiger partial charge in [-0.15, -0.1) is 0 Å². The topological polar surface area (TPSA) is 29.9 Å². The maximum atomic E-state index is 4.25. The molecule has 0 spiro atoms. The Balaban J connectivity index is 2.22. The average molecular weight is 266 g/mol. The van der Waals surface area contributed by atoms with Gasteiger partial charge in [-0.25, -0.2) is 4.98 Å². The van der Waals surface area contributed by atoms with Crippen LogP contribution < -0.4 is 5.32 Å². The summed E-state index contributed by atoms with van der Waals surface area (Å²) in [4.78, 5) is 4.25. The van der Waals surface area contributed by atoms with Gasteiger partial charge in [0.25, 0.3) is 0 Å². The summed E-state index contributed by atoms with van der Waals surface area (Å²) in [7, 11) is 0. The maximum Gasteiger partial charge on any atom is 0.207 e. The van der Waals surface area contributed by atoms with Crippen LogP contribution in [0.5, 0.6) is 0 Å². The van der Waals surface area contributed by atoms with Crippen molar-refractivity contribution in [3.05, 3.63) is 41.1 Å². The number of anilines is 2. The lowest BCUT2D eigenvalue weighted by Gasteiger charge is -2.07. The van der Waals surface area contributed by atoms with Gasteiger partial charge >= 0.3 is 0 Å². The zero-order chi connectivity index (χ0) is 10.7. The normalized spacial score (nSPS) is 10.3. The molecule has 15 heavy (non-hydrogen) atoms. The molecule has 0 radical (unpaired) electrons. The van der Waals surface area contributed by atoms with Crippen molar-refractivity contribution in [2.24, 2.45) is 0 Å². The van der Waals surface area contributed by atoms with E-state index in [1.165, 1.54) is 0 Å². The van der Waals surface area contributed by atoms with Gasteiger partial charge in [0.2, 0.25) is 5.95 Å². The third kappa shape index (κ3) is 2.39. The van der Waals surface area contributed by atoms with Gasteiger partial charge in [-0.2, -0.15) is 0 Å². The number of rotatable bonds is 3. The number of benzene rings is 1. The molecule has 78 valence electrons. The van der Waals surface area contributed by atoms with Crippen molar-refractivity contribution in [2.75, 3.05) is 5.32 Å². The molecule has 2 rings (SSSR count). The van der Waals surface area contributed by atoms with Crippen LogP contribution in [0.15, 0.2) is 41.1 Å². The monoisotopic (exact) mass is 265 g/mol. The number of nitrogens with zero attached hydrogens (tertiary/aromatic N) is 2. The van der Waals surface area contributed by atoms with Crippen molar-refractivity contribution >= 4 is 27.6 Å². The standard InChI is InChI=1S/C11H12BrN3/c1-2-15-7-6-13-11(15)14-10-5-3-4-9(12)8-10/h3-8H,2H2,1H3,(H,13,14). The molecule has 1 heterocycles.